The van der Waals surface area contributed by atoms with Crippen LogP contribution in [-0.2, 0) is 16.6 Å². The highest BCUT2D eigenvalue weighted by Crippen LogP contribution is 2.23. The molecule has 0 radical (unpaired) electrons. The number of nitrogens with two attached hydrogens (primary N) is 1. The zero-order chi connectivity index (χ0) is 15.2. The van der Waals surface area contributed by atoms with Crippen LogP contribution in [-0.4, -0.2) is 14.5 Å². The lowest BCUT2D eigenvalue weighted by Crippen LogP contribution is -2.32. The summed E-state index contributed by atoms with van der Waals surface area (Å²) in [6.45, 7) is 4.42. The molecule has 0 saturated carbocycles. The minimum atomic E-state index is -3.49. The molecule has 0 amide bonds. The maximum atomic E-state index is 12.3. The van der Waals surface area contributed by atoms with Crippen LogP contribution in [0, 0.1) is 0 Å². The number of hydrogen-bond acceptors (Lipinski definition) is 3. The summed E-state index contributed by atoms with van der Waals surface area (Å²) in [6.07, 6.45) is 4.14. The zero-order valence-corrected chi connectivity index (χ0v) is 14.4. The third-order valence-corrected chi connectivity index (χ3v) is 5.68. The van der Waals surface area contributed by atoms with Crippen LogP contribution in [0.5, 0.6) is 0 Å². The van der Waals surface area contributed by atoms with Crippen LogP contribution in [0.15, 0.2) is 27.6 Å². The monoisotopic (exact) mass is 362 g/mol. The summed E-state index contributed by atoms with van der Waals surface area (Å²) in [5, 5.41) is 0. The number of rotatable bonds is 8. The van der Waals surface area contributed by atoms with Gasteiger partial charge in [0.15, 0.2) is 0 Å². The van der Waals surface area contributed by atoms with Gasteiger partial charge in [0.05, 0.1) is 4.90 Å². The Kier molecular flexibility index (Phi) is 7.15. The van der Waals surface area contributed by atoms with E-state index in [0.717, 1.165) is 31.2 Å². The van der Waals surface area contributed by atoms with Crippen molar-refractivity contribution in [1.29, 1.82) is 0 Å². The van der Waals surface area contributed by atoms with E-state index in [-0.39, 0.29) is 10.9 Å². The first kappa shape index (κ1) is 17.6. The third-order valence-electron chi connectivity index (χ3n) is 3.12. The highest BCUT2D eigenvalue weighted by atomic mass is 79.9. The Morgan fingerprint density at radius 1 is 1.35 bits per heavy atom. The molecule has 0 spiro atoms. The molecule has 0 fully saturated rings. The molecule has 0 aromatic heterocycles. The molecule has 114 valence electrons. The number of halogens is 1. The molecule has 0 bridgehead atoms. The molecule has 6 heteroatoms. The SMILES string of the molecule is CCCCCC(C)NS(=O)(=O)c1ccc(CN)cc1Br. The van der Waals surface area contributed by atoms with E-state index in [1.165, 1.54) is 0 Å². The average molecular weight is 363 g/mol. The second-order valence-electron chi connectivity index (χ2n) is 4.99. The van der Waals surface area contributed by atoms with Crippen LogP contribution in [0.3, 0.4) is 0 Å². The van der Waals surface area contributed by atoms with Gasteiger partial charge < -0.3 is 5.73 Å². The standard InChI is InChI=1S/C14H23BrN2O2S/c1-3-4-5-6-11(2)17-20(18,19)14-8-7-12(10-16)9-13(14)15/h7-9,11,17H,3-6,10,16H2,1-2H3. The van der Waals surface area contributed by atoms with Gasteiger partial charge in [0.25, 0.3) is 0 Å². The predicted molar refractivity (Wildman–Crippen MR) is 86.0 cm³/mol. The number of benzene rings is 1. The van der Waals surface area contributed by atoms with Crippen molar-refractivity contribution in [2.45, 2.75) is 57.0 Å². The number of nitrogens with one attached hydrogen (secondary N) is 1. The van der Waals surface area contributed by atoms with Gasteiger partial charge in [-0.25, -0.2) is 13.1 Å². The van der Waals surface area contributed by atoms with Crippen LogP contribution < -0.4 is 10.5 Å². The van der Waals surface area contributed by atoms with E-state index in [9.17, 15) is 8.42 Å². The van der Waals surface area contributed by atoms with Gasteiger partial charge in [0.1, 0.15) is 0 Å². The Balaban J connectivity index is 2.78. The van der Waals surface area contributed by atoms with E-state index in [2.05, 4.69) is 27.6 Å². The maximum Gasteiger partial charge on any atom is 0.241 e. The molecule has 0 heterocycles. The first-order valence-corrected chi connectivity index (χ1v) is 9.19. The largest absolute Gasteiger partial charge is 0.326 e. The minimum Gasteiger partial charge on any atom is -0.326 e. The molecule has 1 unspecified atom stereocenters. The van der Waals surface area contributed by atoms with Gasteiger partial charge in [-0.1, -0.05) is 32.3 Å². The van der Waals surface area contributed by atoms with Gasteiger partial charge in [0.2, 0.25) is 10.0 Å². The first-order valence-electron chi connectivity index (χ1n) is 6.91. The lowest BCUT2D eigenvalue weighted by molar-refractivity contribution is 0.527. The van der Waals surface area contributed by atoms with E-state index in [0.29, 0.717) is 11.0 Å². The zero-order valence-electron chi connectivity index (χ0n) is 12.0. The van der Waals surface area contributed by atoms with Gasteiger partial charge in [-0.3, -0.25) is 0 Å². The smallest absolute Gasteiger partial charge is 0.241 e. The Morgan fingerprint density at radius 3 is 2.60 bits per heavy atom. The molecule has 4 nitrogen and oxygen atoms in total. The van der Waals surface area contributed by atoms with E-state index < -0.39 is 10.0 Å². The number of hydrogen-bond donors (Lipinski definition) is 2. The highest BCUT2D eigenvalue weighted by Gasteiger charge is 2.20. The minimum absolute atomic E-state index is 0.0624. The van der Waals surface area contributed by atoms with Crippen LogP contribution in [0.25, 0.3) is 0 Å². The molecule has 20 heavy (non-hydrogen) atoms. The maximum absolute atomic E-state index is 12.3. The van der Waals surface area contributed by atoms with Crippen molar-refractivity contribution in [2.24, 2.45) is 5.73 Å². The molecule has 1 aromatic rings. The summed E-state index contributed by atoms with van der Waals surface area (Å²) >= 11 is 3.30. The summed E-state index contributed by atoms with van der Waals surface area (Å²) < 4.78 is 27.9. The van der Waals surface area contributed by atoms with Crippen molar-refractivity contribution in [3.63, 3.8) is 0 Å². The number of sulfonamides is 1. The fourth-order valence-corrected chi connectivity index (χ4v) is 4.38. The molecule has 3 N–H and O–H groups in total. The van der Waals surface area contributed by atoms with Crippen molar-refractivity contribution >= 4 is 26.0 Å². The Bertz CT molecular complexity index is 532. The molecule has 0 aliphatic rings. The Labute approximate surface area is 130 Å². The van der Waals surface area contributed by atoms with E-state index >= 15 is 0 Å². The predicted octanol–water partition coefficient (Wildman–Crippen LogP) is 3.15. The quantitative estimate of drug-likeness (QED) is 0.697. The van der Waals surface area contributed by atoms with E-state index in [4.69, 9.17) is 5.73 Å². The molecule has 0 aliphatic carbocycles. The lowest BCUT2D eigenvalue weighted by Gasteiger charge is -2.15. The molecule has 1 rings (SSSR count). The van der Waals surface area contributed by atoms with Crippen LogP contribution in [0.1, 0.15) is 45.1 Å². The van der Waals surface area contributed by atoms with Gasteiger partial charge in [0, 0.05) is 17.1 Å². The average Bonchev–Trinajstić information content (AvgIpc) is 2.37. The second-order valence-corrected chi connectivity index (χ2v) is 7.52. The Morgan fingerprint density at radius 2 is 2.05 bits per heavy atom. The van der Waals surface area contributed by atoms with Gasteiger partial charge >= 0.3 is 0 Å². The first-order chi connectivity index (χ1) is 9.40. The van der Waals surface area contributed by atoms with Crippen molar-refractivity contribution in [3.8, 4) is 0 Å². The van der Waals surface area contributed by atoms with Crippen molar-refractivity contribution < 1.29 is 8.42 Å². The summed E-state index contributed by atoms with van der Waals surface area (Å²) in [4.78, 5) is 0.261. The molecular weight excluding hydrogens is 340 g/mol. The summed E-state index contributed by atoms with van der Waals surface area (Å²) in [7, 11) is -3.49. The van der Waals surface area contributed by atoms with Gasteiger partial charge in [-0.05, 0) is 47.0 Å². The van der Waals surface area contributed by atoms with Crippen LogP contribution in [0.4, 0.5) is 0 Å². The molecule has 1 aromatic carbocycles. The van der Waals surface area contributed by atoms with Crippen LogP contribution >= 0.6 is 15.9 Å². The second kappa shape index (κ2) is 8.12. The summed E-state index contributed by atoms with van der Waals surface area (Å²) in [6, 6.07) is 5.01. The van der Waals surface area contributed by atoms with Crippen molar-refractivity contribution in [2.75, 3.05) is 0 Å². The van der Waals surface area contributed by atoms with Crippen LogP contribution in [0.2, 0.25) is 0 Å². The third kappa shape index (κ3) is 5.16. The normalized spacial score (nSPS) is 13.4. The molecular formula is C14H23BrN2O2S. The molecule has 0 saturated heterocycles. The fourth-order valence-electron chi connectivity index (χ4n) is 1.98. The number of unbranched alkanes of at least 4 members (excludes halogenated alkanes) is 2. The molecule has 0 aliphatic heterocycles. The van der Waals surface area contributed by atoms with Gasteiger partial charge in [-0.2, -0.15) is 0 Å². The summed E-state index contributed by atoms with van der Waals surface area (Å²) in [5.41, 5.74) is 6.44. The van der Waals surface area contributed by atoms with Crippen molar-refractivity contribution in [3.05, 3.63) is 28.2 Å². The van der Waals surface area contributed by atoms with Gasteiger partial charge in [-0.15, -0.1) is 0 Å². The highest BCUT2D eigenvalue weighted by molar-refractivity contribution is 9.10. The lowest BCUT2D eigenvalue weighted by atomic mass is 10.1. The van der Waals surface area contributed by atoms with E-state index in [1.54, 1.807) is 18.2 Å². The molecule has 1 atom stereocenters. The van der Waals surface area contributed by atoms with Crippen molar-refractivity contribution in [1.82, 2.24) is 4.72 Å². The summed E-state index contributed by atoms with van der Waals surface area (Å²) in [5.74, 6) is 0. The topological polar surface area (TPSA) is 72.2 Å². The van der Waals surface area contributed by atoms with E-state index in [1.807, 2.05) is 6.92 Å². The Hall–Kier alpha value is -0.430. The fraction of sp³-hybridized carbons (Fsp3) is 0.571.